The SMILES string of the molecule is C#CCCON=C1c2cc(OC)c(OC)cc2-c2[nH]c3ccc(OCCN(C)C)cc3c21. The molecule has 1 N–H and O–H groups in total. The Bertz CT molecular complexity index is 1200. The molecule has 166 valence electrons. The molecule has 7 nitrogen and oxygen atoms in total. The predicted molar refractivity (Wildman–Crippen MR) is 126 cm³/mol. The van der Waals surface area contributed by atoms with Crippen molar-refractivity contribution in [2.45, 2.75) is 6.42 Å². The number of aromatic nitrogens is 1. The van der Waals surface area contributed by atoms with E-state index in [2.05, 4.69) is 21.0 Å². The number of rotatable bonds is 9. The van der Waals surface area contributed by atoms with E-state index in [1.807, 2.05) is 44.4 Å². The first-order valence-electron chi connectivity index (χ1n) is 10.4. The summed E-state index contributed by atoms with van der Waals surface area (Å²) in [6.45, 7) is 1.79. The number of aromatic amines is 1. The summed E-state index contributed by atoms with van der Waals surface area (Å²) in [7, 11) is 7.29. The fraction of sp³-hybridized carbons (Fsp3) is 0.320. The average Bonchev–Trinajstić information content (AvgIpc) is 3.30. The van der Waals surface area contributed by atoms with Crippen LogP contribution in [0.25, 0.3) is 22.2 Å². The third-order valence-corrected chi connectivity index (χ3v) is 5.36. The van der Waals surface area contributed by atoms with Gasteiger partial charge in [0.2, 0.25) is 0 Å². The number of ether oxygens (including phenoxy) is 3. The van der Waals surface area contributed by atoms with Gasteiger partial charge in [-0.2, -0.15) is 0 Å². The van der Waals surface area contributed by atoms with Gasteiger partial charge in [0.15, 0.2) is 11.5 Å². The van der Waals surface area contributed by atoms with Crippen molar-refractivity contribution >= 4 is 16.6 Å². The van der Waals surface area contributed by atoms with Crippen LogP contribution >= 0.6 is 0 Å². The van der Waals surface area contributed by atoms with Crippen LogP contribution in [0.15, 0.2) is 35.5 Å². The number of fused-ring (bicyclic) bond motifs is 5. The van der Waals surface area contributed by atoms with Crippen LogP contribution in [-0.4, -0.2) is 63.7 Å². The summed E-state index contributed by atoms with van der Waals surface area (Å²) < 4.78 is 17.0. The number of likely N-dealkylation sites (N-methyl/N-ethyl adjacent to an activating group) is 1. The number of benzene rings is 2. The fourth-order valence-corrected chi connectivity index (χ4v) is 3.78. The maximum atomic E-state index is 5.96. The Morgan fingerprint density at radius 3 is 2.47 bits per heavy atom. The molecule has 0 bridgehead atoms. The molecular formula is C25H27N3O4. The Labute approximate surface area is 187 Å². The van der Waals surface area contributed by atoms with E-state index in [1.165, 1.54) is 0 Å². The molecule has 2 aromatic carbocycles. The van der Waals surface area contributed by atoms with E-state index in [-0.39, 0.29) is 0 Å². The summed E-state index contributed by atoms with van der Waals surface area (Å²) in [6.07, 6.45) is 5.83. The summed E-state index contributed by atoms with van der Waals surface area (Å²) >= 11 is 0. The maximum absolute atomic E-state index is 5.96. The van der Waals surface area contributed by atoms with Gasteiger partial charge in [-0.3, -0.25) is 0 Å². The van der Waals surface area contributed by atoms with Crippen molar-refractivity contribution in [3.05, 3.63) is 41.5 Å². The minimum absolute atomic E-state index is 0.346. The number of nitrogens with one attached hydrogen (secondary N) is 1. The maximum Gasteiger partial charge on any atom is 0.161 e. The normalized spacial score (nSPS) is 13.2. The highest BCUT2D eigenvalue weighted by Crippen LogP contribution is 2.45. The third kappa shape index (κ3) is 3.97. The molecule has 1 aromatic heterocycles. The smallest absolute Gasteiger partial charge is 0.161 e. The van der Waals surface area contributed by atoms with E-state index in [1.54, 1.807) is 14.2 Å². The lowest BCUT2D eigenvalue weighted by atomic mass is 10.1. The molecule has 7 heteroatoms. The van der Waals surface area contributed by atoms with Crippen molar-refractivity contribution in [2.24, 2.45) is 5.16 Å². The van der Waals surface area contributed by atoms with E-state index < -0.39 is 0 Å². The van der Waals surface area contributed by atoms with Crippen LogP contribution in [0.1, 0.15) is 17.5 Å². The zero-order valence-corrected chi connectivity index (χ0v) is 18.8. The second kappa shape index (κ2) is 9.25. The second-order valence-corrected chi connectivity index (χ2v) is 7.71. The van der Waals surface area contributed by atoms with Gasteiger partial charge in [-0.25, -0.2) is 0 Å². The Morgan fingerprint density at radius 1 is 1.03 bits per heavy atom. The van der Waals surface area contributed by atoms with Crippen LogP contribution in [0.2, 0.25) is 0 Å². The van der Waals surface area contributed by atoms with Gasteiger partial charge >= 0.3 is 0 Å². The quantitative estimate of drug-likeness (QED) is 0.246. The van der Waals surface area contributed by atoms with E-state index in [4.69, 9.17) is 25.5 Å². The molecule has 32 heavy (non-hydrogen) atoms. The van der Waals surface area contributed by atoms with Crippen molar-refractivity contribution in [3.63, 3.8) is 0 Å². The Balaban J connectivity index is 1.81. The van der Waals surface area contributed by atoms with Gasteiger partial charge in [0.25, 0.3) is 0 Å². The monoisotopic (exact) mass is 433 g/mol. The van der Waals surface area contributed by atoms with Gasteiger partial charge in [0, 0.05) is 40.6 Å². The van der Waals surface area contributed by atoms with Crippen LogP contribution in [0, 0.1) is 12.3 Å². The van der Waals surface area contributed by atoms with Crippen molar-refractivity contribution in [3.8, 4) is 40.8 Å². The van der Waals surface area contributed by atoms with E-state index in [0.29, 0.717) is 31.1 Å². The molecule has 0 saturated carbocycles. The lowest BCUT2D eigenvalue weighted by molar-refractivity contribution is 0.151. The van der Waals surface area contributed by atoms with E-state index >= 15 is 0 Å². The largest absolute Gasteiger partial charge is 0.493 e. The summed E-state index contributed by atoms with van der Waals surface area (Å²) in [6, 6.07) is 9.92. The van der Waals surface area contributed by atoms with E-state index in [9.17, 15) is 0 Å². The van der Waals surface area contributed by atoms with Crippen molar-refractivity contribution in [1.29, 1.82) is 0 Å². The van der Waals surface area contributed by atoms with Crippen molar-refractivity contribution in [2.75, 3.05) is 48.1 Å². The minimum atomic E-state index is 0.346. The second-order valence-electron chi connectivity index (χ2n) is 7.71. The summed E-state index contributed by atoms with van der Waals surface area (Å²) in [5.74, 6) is 4.65. The molecule has 0 radical (unpaired) electrons. The zero-order valence-electron chi connectivity index (χ0n) is 18.8. The van der Waals surface area contributed by atoms with Gasteiger partial charge in [-0.15, -0.1) is 12.3 Å². The number of nitrogens with zero attached hydrogens (tertiary/aromatic N) is 2. The average molecular weight is 434 g/mol. The minimum Gasteiger partial charge on any atom is -0.493 e. The Hall–Kier alpha value is -3.63. The number of hydrogen-bond donors (Lipinski definition) is 1. The predicted octanol–water partition coefficient (Wildman–Crippen LogP) is 3.90. The number of methoxy groups -OCH3 is 2. The molecule has 0 saturated heterocycles. The Kier molecular flexibility index (Phi) is 6.24. The lowest BCUT2D eigenvalue weighted by Crippen LogP contribution is -2.19. The molecule has 0 unspecified atom stereocenters. The molecule has 4 rings (SSSR count). The topological polar surface area (TPSA) is 68.3 Å². The molecule has 0 amide bonds. The number of hydrogen-bond acceptors (Lipinski definition) is 6. The molecule has 1 aliphatic carbocycles. The lowest BCUT2D eigenvalue weighted by Gasteiger charge is -2.12. The molecule has 0 aliphatic heterocycles. The van der Waals surface area contributed by atoms with Gasteiger partial charge in [0.05, 0.1) is 19.9 Å². The highest BCUT2D eigenvalue weighted by atomic mass is 16.6. The van der Waals surface area contributed by atoms with Gasteiger partial charge in [-0.05, 0) is 44.4 Å². The van der Waals surface area contributed by atoms with Gasteiger partial charge in [-0.1, -0.05) is 5.16 Å². The molecule has 1 aliphatic rings. The molecule has 3 aromatic rings. The summed E-state index contributed by atoms with van der Waals surface area (Å²) in [5, 5.41) is 5.48. The van der Waals surface area contributed by atoms with Crippen LogP contribution in [0.5, 0.6) is 17.2 Å². The van der Waals surface area contributed by atoms with Crippen molar-refractivity contribution in [1.82, 2.24) is 9.88 Å². The van der Waals surface area contributed by atoms with Crippen molar-refractivity contribution < 1.29 is 19.0 Å². The first kappa shape index (κ1) is 21.6. The van der Waals surface area contributed by atoms with Gasteiger partial charge < -0.3 is 28.9 Å². The number of oxime groups is 1. The van der Waals surface area contributed by atoms with Crippen LogP contribution in [0.4, 0.5) is 0 Å². The highest BCUT2D eigenvalue weighted by Gasteiger charge is 2.32. The molecule has 0 atom stereocenters. The molecule has 1 heterocycles. The zero-order chi connectivity index (χ0) is 22.7. The molecular weight excluding hydrogens is 406 g/mol. The standard InChI is InChI=1S/C25H27N3O4/c1-6-7-11-32-27-25-18-15-22(30-5)21(29-4)14-17(18)24-23(25)19-13-16(8-9-20(19)26-24)31-12-10-28(2)3/h1,8-9,13-15,26H,7,10-12H2,2-5H3. The third-order valence-electron chi connectivity index (χ3n) is 5.36. The summed E-state index contributed by atoms with van der Waals surface area (Å²) in [5.41, 5.74) is 5.52. The van der Waals surface area contributed by atoms with Gasteiger partial charge in [0.1, 0.15) is 24.7 Å². The number of H-pyrrole nitrogens is 1. The van der Waals surface area contributed by atoms with Crippen LogP contribution in [0.3, 0.4) is 0 Å². The molecule has 0 fully saturated rings. The fourth-order valence-electron chi connectivity index (χ4n) is 3.78. The summed E-state index contributed by atoms with van der Waals surface area (Å²) in [4.78, 5) is 11.2. The van der Waals surface area contributed by atoms with Crippen LogP contribution in [-0.2, 0) is 4.84 Å². The number of terminal acetylenes is 1. The molecule has 0 spiro atoms. The van der Waals surface area contributed by atoms with E-state index in [0.717, 1.165) is 51.3 Å². The Morgan fingerprint density at radius 2 is 1.78 bits per heavy atom. The van der Waals surface area contributed by atoms with Crippen LogP contribution < -0.4 is 14.2 Å². The first-order chi connectivity index (χ1) is 15.6. The highest BCUT2D eigenvalue weighted by molar-refractivity contribution is 6.30. The first-order valence-corrected chi connectivity index (χ1v) is 10.4.